The molecule has 60 heavy (non-hydrogen) atoms. The van der Waals surface area contributed by atoms with Crippen molar-refractivity contribution < 1.29 is 38.1 Å². The molecule has 10 nitrogen and oxygen atoms in total. The van der Waals surface area contributed by atoms with Crippen molar-refractivity contribution >= 4 is 33.9 Å². The molecule has 8 rings (SSSR count). The molecule has 0 saturated carbocycles. The van der Waals surface area contributed by atoms with Crippen LogP contribution in [0.15, 0.2) is 143 Å². The largest absolute Gasteiger partial charge is 0.489 e. The first-order valence-electron chi connectivity index (χ1n) is 19.6. The lowest BCUT2D eigenvalue weighted by atomic mass is 9.93. The average molecular weight is 803 g/mol. The maximum Gasteiger partial charge on any atom is 0.307 e. The summed E-state index contributed by atoms with van der Waals surface area (Å²) >= 11 is 0. The van der Waals surface area contributed by atoms with E-state index in [1.165, 1.54) is 0 Å². The van der Waals surface area contributed by atoms with Crippen LogP contribution >= 0.6 is 0 Å². The highest BCUT2D eigenvalue weighted by molar-refractivity contribution is 5.96. The lowest BCUT2D eigenvalue weighted by Gasteiger charge is -2.15. The van der Waals surface area contributed by atoms with Gasteiger partial charge in [-0.1, -0.05) is 72.8 Å². The van der Waals surface area contributed by atoms with Crippen LogP contribution in [0.2, 0.25) is 0 Å². The maximum absolute atomic E-state index is 11.1. The number of furan rings is 2. The fourth-order valence-electron chi connectivity index (χ4n) is 7.40. The molecule has 2 heterocycles. The van der Waals surface area contributed by atoms with Crippen LogP contribution in [-0.2, 0) is 48.7 Å². The molecule has 0 atom stereocenters. The first-order chi connectivity index (χ1) is 29.1. The van der Waals surface area contributed by atoms with Crippen molar-refractivity contribution in [3.8, 4) is 33.8 Å². The summed E-state index contributed by atoms with van der Waals surface area (Å²) in [6.45, 7) is 5.68. The predicted octanol–water partition coefficient (Wildman–Crippen LogP) is 10.1. The molecule has 2 aromatic heterocycles. The quantitative estimate of drug-likeness (QED) is 0.0829. The van der Waals surface area contributed by atoms with Crippen LogP contribution in [0.4, 0.5) is 0 Å². The molecule has 0 spiro atoms. The van der Waals surface area contributed by atoms with Gasteiger partial charge >= 0.3 is 11.9 Å². The number of carbonyl (C=O) groups is 2. The highest BCUT2D eigenvalue weighted by Gasteiger charge is 2.18. The molecular formula is C50H46N2O8. The van der Waals surface area contributed by atoms with Crippen molar-refractivity contribution in [2.45, 2.75) is 53.0 Å². The maximum atomic E-state index is 11.1. The zero-order valence-corrected chi connectivity index (χ0v) is 33.4. The Morgan fingerprint density at radius 3 is 1.70 bits per heavy atom. The van der Waals surface area contributed by atoms with Gasteiger partial charge in [-0.25, -0.2) is 0 Å². The van der Waals surface area contributed by atoms with Gasteiger partial charge in [0.1, 0.15) is 35.9 Å². The number of aliphatic carboxylic acids is 2. The molecule has 0 aliphatic rings. The van der Waals surface area contributed by atoms with E-state index in [0.717, 1.165) is 77.6 Å². The molecular weight excluding hydrogens is 757 g/mol. The van der Waals surface area contributed by atoms with Gasteiger partial charge in [-0.05, 0) is 107 Å². The second-order valence-corrected chi connectivity index (χ2v) is 14.5. The highest BCUT2D eigenvalue weighted by atomic mass is 16.5. The lowest BCUT2D eigenvalue weighted by Crippen LogP contribution is -2.05. The number of nitrogens with two attached hydrogens (primary N) is 2. The number of carboxylic acid groups (broad SMARTS) is 2. The zero-order chi connectivity index (χ0) is 42.2. The first kappa shape index (κ1) is 41.0. The molecule has 0 unspecified atom stereocenters. The molecule has 6 N–H and O–H groups in total. The molecule has 0 amide bonds. The van der Waals surface area contributed by atoms with Crippen molar-refractivity contribution in [1.29, 1.82) is 0 Å². The van der Waals surface area contributed by atoms with E-state index in [-0.39, 0.29) is 12.8 Å². The predicted molar refractivity (Wildman–Crippen MR) is 233 cm³/mol. The monoisotopic (exact) mass is 802 g/mol. The minimum atomic E-state index is -0.885. The third-order valence-corrected chi connectivity index (χ3v) is 10.5. The number of fused-ring (bicyclic) bond motifs is 2. The van der Waals surface area contributed by atoms with E-state index in [1.807, 2.05) is 80.6 Å². The van der Waals surface area contributed by atoms with Crippen LogP contribution in [0, 0.1) is 13.8 Å². The smallest absolute Gasteiger partial charge is 0.307 e. The van der Waals surface area contributed by atoms with Crippen LogP contribution in [-0.4, -0.2) is 22.2 Å². The van der Waals surface area contributed by atoms with E-state index in [0.29, 0.717) is 48.9 Å². The molecule has 0 aliphatic heterocycles. The van der Waals surface area contributed by atoms with Gasteiger partial charge in [0.05, 0.1) is 25.4 Å². The average Bonchev–Trinajstić information content (AvgIpc) is 3.94. The standard InChI is InChI=1S/2C25H23NO4/c1-16-20(15-30-23-8-3-2-6-19(23)13-24(27)28)12-22(25-21(16)9-10-29-25)18-7-4-5-17(11-18)14-26;1-16-21(15-30-22-8-3-2-6-18(22)13-23(27)28)12-20-9-10-29-25(20)24(16)19-7-4-5-17(11-19)14-26/h2*2-12H,13-15,26H2,1H3,(H,27,28). The summed E-state index contributed by atoms with van der Waals surface area (Å²) in [4.78, 5) is 22.3. The first-order valence-corrected chi connectivity index (χ1v) is 19.6. The van der Waals surface area contributed by atoms with Gasteiger partial charge in [0.25, 0.3) is 0 Å². The molecule has 0 bridgehead atoms. The Balaban J connectivity index is 0.000000181. The zero-order valence-electron chi connectivity index (χ0n) is 33.4. The number of benzene rings is 6. The highest BCUT2D eigenvalue weighted by Crippen LogP contribution is 2.37. The summed E-state index contributed by atoms with van der Waals surface area (Å²) < 4.78 is 23.7. The number of hydrogen-bond acceptors (Lipinski definition) is 8. The van der Waals surface area contributed by atoms with E-state index in [1.54, 1.807) is 36.8 Å². The van der Waals surface area contributed by atoms with Gasteiger partial charge in [0, 0.05) is 46.1 Å². The number of aryl methyl sites for hydroxylation is 1. The summed E-state index contributed by atoms with van der Waals surface area (Å²) in [5.74, 6) is -0.607. The van der Waals surface area contributed by atoms with Crippen LogP contribution < -0.4 is 20.9 Å². The topological polar surface area (TPSA) is 171 Å². The summed E-state index contributed by atoms with van der Waals surface area (Å²) in [6, 6.07) is 38.7. The Morgan fingerprint density at radius 1 is 0.567 bits per heavy atom. The molecule has 0 saturated heterocycles. The molecule has 0 aliphatic carbocycles. The number of ether oxygens (including phenoxy) is 2. The fraction of sp³-hybridized carbons (Fsp3) is 0.160. The van der Waals surface area contributed by atoms with E-state index in [9.17, 15) is 9.59 Å². The summed E-state index contributed by atoms with van der Waals surface area (Å²) in [5, 5.41) is 20.3. The Hall–Kier alpha value is -7.14. The molecule has 0 radical (unpaired) electrons. The van der Waals surface area contributed by atoms with Gasteiger partial charge < -0.3 is 40.0 Å². The SMILES string of the molecule is Cc1c(COc2ccccc2CC(=O)O)cc(-c2cccc(CN)c2)c2occc12.Cc1c(COc2ccccc2CC(=O)O)cc2ccoc2c1-c1cccc(CN)c1. The van der Waals surface area contributed by atoms with Gasteiger partial charge in [-0.15, -0.1) is 0 Å². The second-order valence-electron chi connectivity index (χ2n) is 14.5. The minimum absolute atomic E-state index is 0.0763. The molecule has 8 aromatic rings. The third kappa shape index (κ3) is 9.26. The number of hydrogen-bond donors (Lipinski definition) is 4. The van der Waals surface area contributed by atoms with Crippen molar-refractivity contribution in [1.82, 2.24) is 0 Å². The van der Waals surface area contributed by atoms with E-state index >= 15 is 0 Å². The number of carboxylic acids is 2. The Bertz CT molecular complexity index is 2740. The molecule has 10 heteroatoms. The number of rotatable bonds is 14. The minimum Gasteiger partial charge on any atom is -0.489 e. The van der Waals surface area contributed by atoms with Crippen molar-refractivity contribution in [2.24, 2.45) is 11.5 Å². The van der Waals surface area contributed by atoms with E-state index in [2.05, 4.69) is 30.3 Å². The van der Waals surface area contributed by atoms with Crippen LogP contribution in [0.5, 0.6) is 11.5 Å². The second kappa shape index (κ2) is 18.6. The normalized spacial score (nSPS) is 11.0. The third-order valence-electron chi connectivity index (χ3n) is 10.5. The Labute approximate surface area is 347 Å². The Kier molecular flexibility index (Phi) is 12.7. The van der Waals surface area contributed by atoms with Gasteiger partial charge in [0.15, 0.2) is 0 Å². The van der Waals surface area contributed by atoms with Crippen molar-refractivity contribution in [3.63, 3.8) is 0 Å². The lowest BCUT2D eigenvalue weighted by molar-refractivity contribution is -0.137. The van der Waals surface area contributed by atoms with Crippen LogP contribution in [0.1, 0.15) is 44.5 Å². The molecule has 304 valence electrons. The number of para-hydroxylation sites is 2. The van der Waals surface area contributed by atoms with Gasteiger partial charge in [0.2, 0.25) is 0 Å². The summed E-state index contributed by atoms with van der Waals surface area (Å²) in [6.07, 6.45) is 3.23. The van der Waals surface area contributed by atoms with Crippen molar-refractivity contribution in [2.75, 3.05) is 0 Å². The van der Waals surface area contributed by atoms with E-state index < -0.39 is 11.9 Å². The van der Waals surface area contributed by atoms with Crippen molar-refractivity contribution in [3.05, 3.63) is 178 Å². The van der Waals surface area contributed by atoms with Gasteiger partial charge in [-0.2, -0.15) is 0 Å². The molecule has 0 fully saturated rings. The Morgan fingerprint density at radius 2 is 1.10 bits per heavy atom. The van der Waals surface area contributed by atoms with Crippen LogP contribution in [0.3, 0.4) is 0 Å². The molecule has 6 aromatic carbocycles. The fourth-order valence-corrected chi connectivity index (χ4v) is 7.40. The summed E-state index contributed by atoms with van der Waals surface area (Å²) in [7, 11) is 0. The van der Waals surface area contributed by atoms with E-state index in [4.69, 9.17) is 40.0 Å². The van der Waals surface area contributed by atoms with Gasteiger partial charge in [-0.3, -0.25) is 9.59 Å². The van der Waals surface area contributed by atoms with Crippen LogP contribution in [0.25, 0.3) is 44.2 Å². The summed E-state index contributed by atoms with van der Waals surface area (Å²) in [5.41, 5.74) is 25.0.